The Bertz CT molecular complexity index is 698. The molecule has 0 spiro atoms. The summed E-state index contributed by atoms with van der Waals surface area (Å²) in [5.41, 5.74) is 4.10. The number of hydrogen-bond acceptors (Lipinski definition) is 4. The second-order valence-corrected chi connectivity index (χ2v) is 7.06. The molecular weight excluding hydrogens is 320 g/mol. The number of benzene rings is 1. The van der Waals surface area contributed by atoms with Crippen molar-refractivity contribution in [2.24, 2.45) is 0 Å². The largest absolute Gasteiger partial charge is 0.356 e. The highest BCUT2D eigenvalue weighted by Gasteiger charge is 2.14. The zero-order chi connectivity index (χ0) is 17.1. The van der Waals surface area contributed by atoms with Gasteiger partial charge in [-0.2, -0.15) is 4.98 Å². The standard InChI is InChI=1S/C19H25ClN4/c1-13-10-14(2)18(16(20)11-13)23-19-21-15(3)12-17(22-19)24-8-6-4-5-7-9-24/h10-12H,4-9H2,1-3H3,(H,21,22,23). The van der Waals surface area contributed by atoms with Gasteiger partial charge in [0.05, 0.1) is 10.7 Å². The highest BCUT2D eigenvalue weighted by Crippen LogP contribution is 2.30. The molecule has 0 saturated carbocycles. The molecule has 0 radical (unpaired) electrons. The van der Waals surface area contributed by atoms with Crippen LogP contribution in [0, 0.1) is 20.8 Å². The lowest BCUT2D eigenvalue weighted by Crippen LogP contribution is -2.25. The molecule has 0 unspecified atom stereocenters. The van der Waals surface area contributed by atoms with Crippen molar-refractivity contribution in [2.45, 2.75) is 46.5 Å². The van der Waals surface area contributed by atoms with E-state index in [0.717, 1.165) is 41.4 Å². The number of halogens is 1. The maximum absolute atomic E-state index is 6.41. The van der Waals surface area contributed by atoms with E-state index >= 15 is 0 Å². The van der Waals surface area contributed by atoms with Crippen molar-refractivity contribution in [3.8, 4) is 0 Å². The third-order valence-corrected chi connectivity index (χ3v) is 4.74. The molecule has 1 aromatic heterocycles. The van der Waals surface area contributed by atoms with Gasteiger partial charge in [0.25, 0.3) is 0 Å². The van der Waals surface area contributed by atoms with Crippen LogP contribution in [0.25, 0.3) is 0 Å². The van der Waals surface area contributed by atoms with E-state index in [1.165, 1.54) is 25.7 Å². The first-order valence-corrected chi connectivity index (χ1v) is 9.05. The summed E-state index contributed by atoms with van der Waals surface area (Å²) in [7, 11) is 0. The lowest BCUT2D eigenvalue weighted by Gasteiger charge is -2.22. The van der Waals surface area contributed by atoms with E-state index in [0.29, 0.717) is 11.0 Å². The van der Waals surface area contributed by atoms with Crippen molar-refractivity contribution >= 4 is 29.1 Å². The van der Waals surface area contributed by atoms with Gasteiger partial charge in [0, 0.05) is 24.8 Å². The van der Waals surface area contributed by atoms with Gasteiger partial charge in [-0.3, -0.25) is 0 Å². The number of aromatic nitrogens is 2. The molecule has 4 nitrogen and oxygen atoms in total. The van der Waals surface area contributed by atoms with Crippen molar-refractivity contribution in [1.82, 2.24) is 9.97 Å². The summed E-state index contributed by atoms with van der Waals surface area (Å²) in [4.78, 5) is 11.7. The highest BCUT2D eigenvalue weighted by atomic mass is 35.5. The second-order valence-electron chi connectivity index (χ2n) is 6.66. The molecule has 1 aliphatic rings. The van der Waals surface area contributed by atoms with E-state index in [1.54, 1.807) is 0 Å². The molecule has 0 aliphatic carbocycles. The highest BCUT2D eigenvalue weighted by molar-refractivity contribution is 6.33. The molecule has 1 saturated heterocycles. The van der Waals surface area contributed by atoms with Crippen molar-refractivity contribution in [2.75, 3.05) is 23.3 Å². The Kier molecular flexibility index (Phi) is 5.24. The third kappa shape index (κ3) is 3.99. The van der Waals surface area contributed by atoms with Gasteiger partial charge in [0.15, 0.2) is 0 Å². The van der Waals surface area contributed by atoms with Crippen LogP contribution in [-0.2, 0) is 0 Å². The van der Waals surface area contributed by atoms with Gasteiger partial charge < -0.3 is 10.2 Å². The topological polar surface area (TPSA) is 41.1 Å². The summed E-state index contributed by atoms with van der Waals surface area (Å²) < 4.78 is 0. The maximum atomic E-state index is 6.41. The zero-order valence-corrected chi connectivity index (χ0v) is 15.5. The van der Waals surface area contributed by atoms with E-state index < -0.39 is 0 Å². The number of anilines is 3. The average molecular weight is 345 g/mol. The lowest BCUT2D eigenvalue weighted by atomic mass is 10.1. The van der Waals surface area contributed by atoms with Gasteiger partial charge in [-0.05, 0) is 50.8 Å². The molecule has 2 aromatic rings. The Labute approximate surface area is 149 Å². The van der Waals surface area contributed by atoms with Crippen LogP contribution in [0.2, 0.25) is 5.02 Å². The minimum atomic E-state index is 0.614. The molecule has 3 rings (SSSR count). The fourth-order valence-corrected chi connectivity index (χ4v) is 3.62. The van der Waals surface area contributed by atoms with Crippen molar-refractivity contribution in [1.29, 1.82) is 0 Å². The van der Waals surface area contributed by atoms with Crippen LogP contribution in [-0.4, -0.2) is 23.1 Å². The summed E-state index contributed by atoms with van der Waals surface area (Å²) in [6.45, 7) is 8.24. The summed E-state index contributed by atoms with van der Waals surface area (Å²) in [6.07, 6.45) is 5.08. The molecule has 1 N–H and O–H groups in total. The van der Waals surface area contributed by atoms with Crippen LogP contribution >= 0.6 is 11.6 Å². The van der Waals surface area contributed by atoms with Crippen LogP contribution in [0.5, 0.6) is 0 Å². The number of nitrogens with zero attached hydrogens (tertiary/aromatic N) is 3. The van der Waals surface area contributed by atoms with Gasteiger partial charge in [-0.25, -0.2) is 4.98 Å². The quantitative estimate of drug-likeness (QED) is 0.833. The Morgan fingerprint density at radius 1 is 0.958 bits per heavy atom. The van der Waals surface area contributed by atoms with E-state index in [9.17, 15) is 0 Å². The van der Waals surface area contributed by atoms with Crippen molar-refractivity contribution in [3.63, 3.8) is 0 Å². The molecule has 0 amide bonds. The predicted octanol–water partition coefficient (Wildman–Crippen LogP) is 5.18. The molecule has 1 aromatic carbocycles. The van der Waals surface area contributed by atoms with Crippen LogP contribution in [0.4, 0.5) is 17.5 Å². The molecule has 128 valence electrons. The minimum absolute atomic E-state index is 0.614. The molecule has 0 bridgehead atoms. The van der Waals surface area contributed by atoms with Gasteiger partial charge in [0.2, 0.25) is 5.95 Å². The molecule has 5 heteroatoms. The lowest BCUT2D eigenvalue weighted by molar-refractivity contribution is 0.726. The first-order chi connectivity index (χ1) is 11.5. The smallest absolute Gasteiger partial charge is 0.229 e. The Morgan fingerprint density at radius 2 is 1.67 bits per heavy atom. The summed E-state index contributed by atoms with van der Waals surface area (Å²) in [5, 5.41) is 4.03. The van der Waals surface area contributed by atoms with E-state index in [2.05, 4.69) is 27.3 Å². The molecule has 24 heavy (non-hydrogen) atoms. The van der Waals surface area contributed by atoms with Gasteiger partial charge >= 0.3 is 0 Å². The number of nitrogens with one attached hydrogen (secondary N) is 1. The molecule has 1 fully saturated rings. The molecule has 1 aliphatic heterocycles. The fourth-order valence-electron chi connectivity index (χ4n) is 3.26. The average Bonchev–Trinajstić information content (AvgIpc) is 2.79. The first-order valence-electron chi connectivity index (χ1n) is 8.67. The Hall–Kier alpha value is -1.81. The number of aryl methyl sites for hydroxylation is 3. The monoisotopic (exact) mass is 344 g/mol. The van der Waals surface area contributed by atoms with Crippen molar-refractivity contribution in [3.05, 3.63) is 40.0 Å². The molecule has 2 heterocycles. The van der Waals surface area contributed by atoms with Gasteiger partial charge in [0.1, 0.15) is 5.82 Å². The fraction of sp³-hybridized carbons (Fsp3) is 0.474. The summed E-state index contributed by atoms with van der Waals surface area (Å²) in [5.74, 6) is 1.62. The summed E-state index contributed by atoms with van der Waals surface area (Å²) in [6, 6.07) is 6.14. The van der Waals surface area contributed by atoms with Crippen LogP contribution in [0.3, 0.4) is 0 Å². The molecular formula is C19H25ClN4. The van der Waals surface area contributed by atoms with Gasteiger partial charge in [-0.15, -0.1) is 0 Å². The zero-order valence-electron chi connectivity index (χ0n) is 14.7. The van der Waals surface area contributed by atoms with Crippen LogP contribution in [0.15, 0.2) is 18.2 Å². The predicted molar refractivity (Wildman–Crippen MR) is 102 cm³/mol. The van der Waals surface area contributed by atoms with Crippen molar-refractivity contribution < 1.29 is 0 Å². The van der Waals surface area contributed by atoms with Crippen LogP contribution in [0.1, 0.15) is 42.5 Å². The summed E-state index contributed by atoms with van der Waals surface area (Å²) >= 11 is 6.41. The SMILES string of the molecule is Cc1cc(C)c(Nc2nc(C)cc(N3CCCCCC3)n2)c(Cl)c1. The first kappa shape index (κ1) is 17.0. The minimum Gasteiger partial charge on any atom is -0.356 e. The second kappa shape index (κ2) is 7.39. The van der Waals surface area contributed by atoms with Gasteiger partial charge in [-0.1, -0.05) is 30.5 Å². The van der Waals surface area contributed by atoms with Crippen LogP contribution < -0.4 is 10.2 Å². The van der Waals surface area contributed by atoms with E-state index in [4.69, 9.17) is 16.6 Å². The molecule has 0 atom stereocenters. The Morgan fingerprint density at radius 3 is 2.33 bits per heavy atom. The Balaban J connectivity index is 1.89. The maximum Gasteiger partial charge on any atom is 0.229 e. The van der Waals surface area contributed by atoms with E-state index in [1.807, 2.05) is 26.8 Å². The van der Waals surface area contributed by atoms with E-state index in [-0.39, 0.29) is 0 Å². The third-order valence-electron chi connectivity index (χ3n) is 4.44. The number of rotatable bonds is 3. The number of hydrogen-bond donors (Lipinski definition) is 1. The normalized spacial score (nSPS) is 15.2.